The summed E-state index contributed by atoms with van der Waals surface area (Å²) in [5, 5.41) is 0.738. The number of benzene rings is 1. The standard InChI is InChI=1S/C10H10BrClO2/c1-6-4-8(11)7(5-9(6)12)10-13-2-3-14-10/h4-5,10H,2-3H2,1H3. The van der Waals surface area contributed by atoms with Crippen LogP contribution in [0.5, 0.6) is 0 Å². The monoisotopic (exact) mass is 276 g/mol. The lowest BCUT2D eigenvalue weighted by atomic mass is 10.1. The fourth-order valence-corrected chi connectivity index (χ4v) is 2.20. The highest BCUT2D eigenvalue weighted by molar-refractivity contribution is 9.10. The lowest BCUT2D eigenvalue weighted by Crippen LogP contribution is -1.99. The molecule has 1 aliphatic rings. The first-order valence-corrected chi connectivity index (χ1v) is 5.54. The Morgan fingerprint density at radius 2 is 2.00 bits per heavy atom. The highest BCUT2D eigenvalue weighted by Gasteiger charge is 2.21. The van der Waals surface area contributed by atoms with Crippen LogP contribution in [0.2, 0.25) is 5.02 Å². The van der Waals surface area contributed by atoms with Crippen LogP contribution in [-0.2, 0) is 9.47 Å². The first-order chi connectivity index (χ1) is 6.68. The Balaban J connectivity index is 2.37. The van der Waals surface area contributed by atoms with Gasteiger partial charge in [-0.05, 0) is 24.6 Å². The molecule has 0 aliphatic carbocycles. The predicted octanol–water partition coefficient (Wildman–Crippen LogP) is 3.46. The van der Waals surface area contributed by atoms with E-state index in [0.29, 0.717) is 13.2 Å². The molecule has 0 aromatic heterocycles. The van der Waals surface area contributed by atoms with Gasteiger partial charge < -0.3 is 9.47 Å². The summed E-state index contributed by atoms with van der Waals surface area (Å²) in [6.45, 7) is 3.25. The van der Waals surface area contributed by atoms with Crippen LogP contribution in [0.4, 0.5) is 0 Å². The number of ether oxygens (including phenoxy) is 2. The van der Waals surface area contributed by atoms with Gasteiger partial charge in [0.2, 0.25) is 0 Å². The molecule has 0 N–H and O–H groups in total. The molecule has 76 valence electrons. The second kappa shape index (κ2) is 4.19. The lowest BCUT2D eigenvalue weighted by Gasteiger charge is -2.12. The molecule has 2 nitrogen and oxygen atoms in total. The van der Waals surface area contributed by atoms with Crippen molar-refractivity contribution in [1.82, 2.24) is 0 Å². The zero-order valence-electron chi connectivity index (χ0n) is 7.72. The normalized spacial score (nSPS) is 17.6. The first-order valence-electron chi connectivity index (χ1n) is 4.37. The Kier molecular flexibility index (Phi) is 3.12. The number of rotatable bonds is 1. The molecule has 1 fully saturated rings. The van der Waals surface area contributed by atoms with E-state index in [0.717, 1.165) is 20.6 Å². The second-order valence-corrected chi connectivity index (χ2v) is 4.46. The topological polar surface area (TPSA) is 18.5 Å². The lowest BCUT2D eigenvalue weighted by molar-refractivity contribution is -0.0446. The Morgan fingerprint density at radius 1 is 1.36 bits per heavy atom. The van der Waals surface area contributed by atoms with E-state index in [-0.39, 0.29) is 6.29 Å². The third kappa shape index (κ3) is 1.96. The van der Waals surface area contributed by atoms with Gasteiger partial charge in [-0.25, -0.2) is 0 Å². The Bertz CT molecular complexity index is 348. The fourth-order valence-electron chi connectivity index (χ4n) is 1.38. The summed E-state index contributed by atoms with van der Waals surface area (Å²) in [5.41, 5.74) is 2.00. The molecule has 14 heavy (non-hydrogen) atoms. The molecule has 1 heterocycles. The average Bonchev–Trinajstić information content (AvgIpc) is 2.64. The third-order valence-electron chi connectivity index (χ3n) is 2.15. The van der Waals surface area contributed by atoms with E-state index in [1.165, 1.54) is 0 Å². The third-order valence-corrected chi connectivity index (χ3v) is 3.25. The van der Waals surface area contributed by atoms with E-state index >= 15 is 0 Å². The molecule has 0 amide bonds. The summed E-state index contributed by atoms with van der Waals surface area (Å²) in [6.07, 6.45) is -0.275. The Morgan fingerprint density at radius 3 is 2.64 bits per heavy atom. The van der Waals surface area contributed by atoms with Crippen molar-refractivity contribution in [2.45, 2.75) is 13.2 Å². The first kappa shape index (κ1) is 10.4. The molecule has 1 aliphatic heterocycles. The Labute approximate surface area is 96.3 Å². The average molecular weight is 278 g/mol. The molecule has 1 aromatic carbocycles. The zero-order chi connectivity index (χ0) is 10.1. The minimum Gasteiger partial charge on any atom is -0.346 e. The molecular formula is C10H10BrClO2. The van der Waals surface area contributed by atoms with Crippen LogP contribution in [0, 0.1) is 6.92 Å². The van der Waals surface area contributed by atoms with E-state index < -0.39 is 0 Å². The van der Waals surface area contributed by atoms with Crippen LogP contribution in [-0.4, -0.2) is 13.2 Å². The van der Waals surface area contributed by atoms with Gasteiger partial charge in [-0.1, -0.05) is 27.5 Å². The maximum absolute atomic E-state index is 6.03. The van der Waals surface area contributed by atoms with Crippen molar-refractivity contribution in [2.75, 3.05) is 13.2 Å². The highest BCUT2D eigenvalue weighted by Crippen LogP contribution is 2.33. The summed E-state index contributed by atoms with van der Waals surface area (Å²) in [6, 6.07) is 3.86. The van der Waals surface area contributed by atoms with Crippen LogP contribution >= 0.6 is 27.5 Å². The largest absolute Gasteiger partial charge is 0.346 e. The van der Waals surface area contributed by atoms with E-state index in [4.69, 9.17) is 21.1 Å². The van der Waals surface area contributed by atoms with Gasteiger partial charge in [0.1, 0.15) is 0 Å². The molecule has 0 spiro atoms. The van der Waals surface area contributed by atoms with Crippen LogP contribution < -0.4 is 0 Å². The van der Waals surface area contributed by atoms with E-state index in [2.05, 4.69) is 15.9 Å². The summed E-state index contributed by atoms with van der Waals surface area (Å²) >= 11 is 9.50. The van der Waals surface area contributed by atoms with Crippen LogP contribution in [0.1, 0.15) is 17.4 Å². The number of hydrogen-bond acceptors (Lipinski definition) is 2. The smallest absolute Gasteiger partial charge is 0.185 e. The number of halogens is 2. The van der Waals surface area contributed by atoms with Crippen molar-refractivity contribution in [3.8, 4) is 0 Å². The minimum atomic E-state index is -0.275. The molecule has 1 saturated heterocycles. The summed E-state index contributed by atoms with van der Waals surface area (Å²) in [5.74, 6) is 0. The maximum atomic E-state index is 6.03. The molecule has 1 aromatic rings. The van der Waals surface area contributed by atoms with Crippen LogP contribution in [0.15, 0.2) is 16.6 Å². The number of aryl methyl sites for hydroxylation is 1. The van der Waals surface area contributed by atoms with Gasteiger partial charge in [-0.2, -0.15) is 0 Å². The molecule has 0 radical (unpaired) electrons. The fraction of sp³-hybridized carbons (Fsp3) is 0.400. The summed E-state index contributed by atoms with van der Waals surface area (Å²) in [4.78, 5) is 0. The quantitative estimate of drug-likeness (QED) is 0.783. The van der Waals surface area contributed by atoms with E-state index in [1.807, 2.05) is 19.1 Å². The molecule has 4 heteroatoms. The zero-order valence-corrected chi connectivity index (χ0v) is 10.1. The van der Waals surface area contributed by atoms with Crippen LogP contribution in [0.25, 0.3) is 0 Å². The SMILES string of the molecule is Cc1cc(Br)c(C2OCCO2)cc1Cl. The molecule has 0 saturated carbocycles. The molecular weight excluding hydrogens is 267 g/mol. The van der Waals surface area contributed by atoms with Gasteiger partial charge in [0.05, 0.1) is 13.2 Å². The van der Waals surface area contributed by atoms with Crippen LogP contribution in [0.3, 0.4) is 0 Å². The van der Waals surface area contributed by atoms with Crippen molar-refractivity contribution in [2.24, 2.45) is 0 Å². The highest BCUT2D eigenvalue weighted by atomic mass is 79.9. The van der Waals surface area contributed by atoms with Gasteiger partial charge in [-0.15, -0.1) is 0 Å². The molecule has 0 bridgehead atoms. The predicted molar refractivity (Wildman–Crippen MR) is 58.5 cm³/mol. The minimum absolute atomic E-state index is 0.275. The summed E-state index contributed by atoms with van der Waals surface area (Å²) < 4.78 is 11.8. The van der Waals surface area contributed by atoms with Crippen molar-refractivity contribution < 1.29 is 9.47 Å². The molecule has 0 atom stereocenters. The van der Waals surface area contributed by atoms with Crippen molar-refractivity contribution >= 4 is 27.5 Å². The number of hydrogen-bond donors (Lipinski definition) is 0. The van der Waals surface area contributed by atoms with Crippen molar-refractivity contribution in [3.63, 3.8) is 0 Å². The second-order valence-electron chi connectivity index (χ2n) is 3.20. The molecule has 2 rings (SSSR count). The van der Waals surface area contributed by atoms with Gasteiger partial charge in [0.25, 0.3) is 0 Å². The maximum Gasteiger partial charge on any atom is 0.185 e. The van der Waals surface area contributed by atoms with E-state index in [1.54, 1.807) is 0 Å². The van der Waals surface area contributed by atoms with Gasteiger partial charge in [0.15, 0.2) is 6.29 Å². The van der Waals surface area contributed by atoms with Crippen molar-refractivity contribution in [1.29, 1.82) is 0 Å². The van der Waals surface area contributed by atoms with Crippen molar-refractivity contribution in [3.05, 3.63) is 32.8 Å². The van der Waals surface area contributed by atoms with E-state index in [9.17, 15) is 0 Å². The Hall–Kier alpha value is -0.0900. The van der Waals surface area contributed by atoms with Gasteiger partial charge in [-0.3, -0.25) is 0 Å². The van der Waals surface area contributed by atoms with Gasteiger partial charge in [0, 0.05) is 15.1 Å². The molecule has 0 unspecified atom stereocenters. The van der Waals surface area contributed by atoms with Gasteiger partial charge >= 0.3 is 0 Å². The summed E-state index contributed by atoms with van der Waals surface area (Å²) in [7, 11) is 0.